The highest BCUT2D eigenvalue weighted by atomic mass is 35.5. The van der Waals surface area contributed by atoms with E-state index in [1.54, 1.807) is 12.1 Å². The first kappa shape index (κ1) is 14.7. The second-order valence-corrected chi connectivity index (χ2v) is 5.87. The van der Waals surface area contributed by atoms with Crippen LogP contribution in [0.1, 0.15) is 12.5 Å². The van der Waals surface area contributed by atoms with E-state index >= 15 is 0 Å². The number of benzene rings is 2. The molecule has 0 radical (unpaired) electrons. The lowest BCUT2D eigenvalue weighted by Gasteiger charge is -2.10. The monoisotopic (exact) mass is 313 g/mol. The average molecular weight is 315 g/mol. The molecule has 0 fully saturated rings. The number of halogens is 3. The Bertz CT molecular complexity index is 553. The van der Waals surface area contributed by atoms with Crippen molar-refractivity contribution in [3.05, 3.63) is 57.0 Å². The molecule has 0 bridgehead atoms. The molecule has 0 saturated heterocycles. The van der Waals surface area contributed by atoms with Gasteiger partial charge in [-0.05, 0) is 36.6 Å². The van der Waals surface area contributed by atoms with E-state index in [0.717, 1.165) is 17.5 Å². The third-order valence-electron chi connectivity index (χ3n) is 2.81. The second-order valence-electron chi connectivity index (χ2n) is 4.62. The molecule has 0 aliphatic heterocycles. The maximum atomic E-state index is 6.20. The van der Waals surface area contributed by atoms with Crippen molar-refractivity contribution in [2.75, 3.05) is 0 Å². The van der Waals surface area contributed by atoms with Gasteiger partial charge in [0.15, 0.2) is 0 Å². The van der Waals surface area contributed by atoms with Gasteiger partial charge in [0, 0.05) is 16.6 Å². The van der Waals surface area contributed by atoms with Crippen molar-refractivity contribution in [1.29, 1.82) is 0 Å². The normalized spacial score (nSPS) is 12.5. The summed E-state index contributed by atoms with van der Waals surface area (Å²) in [5.74, 6) is 0. The van der Waals surface area contributed by atoms with Gasteiger partial charge in [-0.2, -0.15) is 0 Å². The summed E-state index contributed by atoms with van der Waals surface area (Å²) in [6, 6.07) is 11.6. The van der Waals surface area contributed by atoms with Crippen LogP contribution in [0.15, 0.2) is 36.4 Å². The van der Waals surface area contributed by atoms with Crippen molar-refractivity contribution in [1.82, 2.24) is 0 Å². The van der Waals surface area contributed by atoms with Crippen LogP contribution in [0.3, 0.4) is 0 Å². The van der Waals surface area contributed by atoms with Gasteiger partial charge in [0.25, 0.3) is 0 Å². The maximum Gasteiger partial charge on any atom is 0.0514 e. The molecule has 1 nitrogen and oxygen atoms in total. The van der Waals surface area contributed by atoms with Crippen molar-refractivity contribution in [3.8, 4) is 11.1 Å². The Morgan fingerprint density at radius 1 is 1.00 bits per heavy atom. The van der Waals surface area contributed by atoms with Crippen molar-refractivity contribution in [2.45, 2.75) is 19.4 Å². The molecule has 1 atom stereocenters. The van der Waals surface area contributed by atoms with Gasteiger partial charge < -0.3 is 5.73 Å². The van der Waals surface area contributed by atoms with Gasteiger partial charge in [-0.15, -0.1) is 0 Å². The molecular weight excluding hydrogens is 301 g/mol. The standard InChI is InChI=1S/C15H14Cl3N/c1-9(19)6-10-2-4-11(5-3-10)15-13(17)7-12(16)8-14(15)18/h2-5,7-9H,6,19H2,1H3. The summed E-state index contributed by atoms with van der Waals surface area (Å²) in [4.78, 5) is 0. The van der Waals surface area contributed by atoms with Crippen LogP contribution < -0.4 is 5.73 Å². The molecule has 0 heterocycles. The summed E-state index contributed by atoms with van der Waals surface area (Å²) in [5.41, 5.74) is 8.75. The van der Waals surface area contributed by atoms with E-state index in [2.05, 4.69) is 0 Å². The van der Waals surface area contributed by atoms with Crippen LogP contribution in [0.5, 0.6) is 0 Å². The van der Waals surface area contributed by atoms with E-state index in [9.17, 15) is 0 Å². The second kappa shape index (κ2) is 6.15. The van der Waals surface area contributed by atoms with Crippen LogP contribution in [0.25, 0.3) is 11.1 Å². The molecule has 2 N–H and O–H groups in total. The minimum Gasteiger partial charge on any atom is -0.328 e. The summed E-state index contributed by atoms with van der Waals surface area (Å²) >= 11 is 18.3. The molecule has 4 heteroatoms. The quantitative estimate of drug-likeness (QED) is 0.827. The molecule has 1 unspecified atom stereocenters. The van der Waals surface area contributed by atoms with Crippen LogP contribution in [0.4, 0.5) is 0 Å². The Morgan fingerprint density at radius 2 is 1.53 bits per heavy atom. The molecule has 2 aromatic carbocycles. The van der Waals surface area contributed by atoms with Gasteiger partial charge in [-0.3, -0.25) is 0 Å². The van der Waals surface area contributed by atoms with E-state index in [0.29, 0.717) is 15.1 Å². The Labute approximate surface area is 128 Å². The van der Waals surface area contributed by atoms with Crippen LogP contribution >= 0.6 is 34.8 Å². The molecule has 0 saturated carbocycles. The SMILES string of the molecule is CC(N)Cc1ccc(-c2c(Cl)cc(Cl)cc2Cl)cc1. The maximum absolute atomic E-state index is 6.20. The van der Waals surface area contributed by atoms with E-state index < -0.39 is 0 Å². The van der Waals surface area contributed by atoms with E-state index in [1.165, 1.54) is 5.56 Å². The Balaban J connectivity index is 2.37. The fraction of sp³-hybridized carbons (Fsp3) is 0.200. The minimum atomic E-state index is 0.147. The molecule has 0 aromatic heterocycles. The lowest BCUT2D eigenvalue weighted by Crippen LogP contribution is -2.17. The average Bonchev–Trinajstić information content (AvgIpc) is 2.29. The minimum absolute atomic E-state index is 0.147. The summed E-state index contributed by atoms with van der Waals surface area (Å²) < 4.78 is 0. The third kappa shape index (κ3) is 3.64. The van der Waals surface area contributed by atoms with Crippen LogP contribution in [-0.4, -0.2) is 6.04 Å². The fourth-order valence-electron chi connectivity index (χ4n) is 2.00. The number of rotatable bonds is 3. The predicted octanol–water partition coefficient (Wildman–Crippen LogP) is 5.20. The molecule has 0 aliphatic carbocycles. The molecule has 0 amide bonds. The summed E-state index contributed by atoms with van der Waals surface area (Å²) in [6.45, 7) is 1.99. The van der Waals surface area contributed by atoms with Gasteiger partial charge in [-0.25, -0.2) is 0 Å². The molecule has 0 spiro atoms. The summed E-state index contributed by atoms with van der Waals surface area (Å²) in [5, 5.41) is 1.64. The van der Waals surface area contributed by atoms with Crippen molar-refractivity contribution >= 4 is 34.8 Å². The van der Waals surface area contributed by atoms with Gasteiger partial charge in [0.2, 0.25) is 0 Å². The molecule has 0 aliphatic rings. The summed E-state index contributed by atoms with van der Waals surface area (Å²) in [6.07, 6.45) is 0.850. The summed E-state index contributed by atoms with van der Waals surface area (Å²) in [7, 11) is 0. The van der Waals surface area contributed by atoms with Crippen molar-refractivity contribution < 1.29 is 0 Å². The molecule has 100 valence electrons. The highest BCUT2D eigenvalue weighted by molar-refractivity contribution is 6.41. The van der Waals surface area contributed by atoms with Gasteiger partial charge >= 0.3 is 0 Å². The molecule has 19 heavy (non-hydrogen) atoms. The van der Waals surface area contributed by atoms with Crippen molar-refractivity contribution in [3.63, 3.8) is 0 Å². The van der Waals surface area contributed by atoms with E-state index in [1.807, 2.05) is 31.2 Å². The first-order valence-corrected chi connectivity index (χ1v) is 7.10. The highest BCUT2D eigenvalue weighted by Crippen LogP contribution is 2.37. The first-order chi connectivity index (χ1) is 8.97. The van der Waals surface area contributed by atoms with Crippen LogP contribution in [0, 0.1) is 0 Å². The predicted molar refractivity (Wildman–Crippen MR) is 84.3 cm³/mol. The zero-order valence-corrected chi connectivity index (χ0v) is 12.7. The van der Waals surface area contributed by atoms with Gasteiger partial charge in [0.1, 0.15) is 0 Å². The zero-order chi connectivity index (χ0) is 14.0. The zero-order valence-electron chi connectivity index (χ0n) is 10.5. The Kier molecular flexibility index (Phi) is 4.75. The Morgan fingerprint density at radius 3 is 2.00 bits per heavy atom. The smallest absolute Gasteiger partial charge is 0.0514 e. The lowest BCUT2D eigenvalue weighted by atomic mass is 10.0. The topological polar surface area (TPSA) is 26.0 Å². The highest BCUT2D eigenvalue weighted by Gasteiger charge is 2.10. The Hall–Kier alpha value is -0.730. The van der Waals surface area contributed by atoms with E-state index in [-0.39, 0.29) is 6.04 Å². The van der Waals surface area contributed by atoms with Gasteiger partial charge in [-0.1, -0.05) is 59.1 Å². The molecule has 2 rings (SSSR count). The number of hydrogen-bond acceptors (Lipinski definition) is 1. The largest absolute Gasteiger partial charge is 0.328 e. The van der Waals surface area contributed by atoms with Crippen LogP contribution in [0.2, 0.25) is 15.1 Å². The number of hydrogen-bond donors (Lipinski definition) is 1. The van der Waals surface area contributed by atoms with Crippen molar-refractivity contribution in [2.24, 2.45) is 5.73 Å². The number of nitrogens with two attached hydrogens (primary N) is 1. The van der Waals surface area contributed by atoms with Gasteiger partial charge in [0.05, 0.1) is 10.0 Å². The lowest BCUT2D eigenvalue weighted by molar-refractivity contribution is 0.738. The fourth-order valence-corrected chi connectivity index (χ4v) is 3.03. The van der Waals surface area contributed by atoms with Crippen LogP contribution in [-0.2, 0) is 6.42 Å². The first-order valence-electron chi connectivity index (χ1n) is 5.97. The molecular formula is C15H14Cl3N. The van der Waals surface area contributed by atoms with E-state index in [4.69, 9.17) is 40.5 Å². The third-order valence-corrected chi connectivity index (χ3v) is 3.62. The molecule has 2 aromatic rings.